The lowest BCUT2D eigenvalue weighted by atomic mass is 10.0. The van der Waals surface area contributed by atoms with Gasteiger partial charge < -0.3 is 0 Å². The van der Waals surface area contributed by atoms with Crippen LogP contribution in [0.4, 0.5) is 0 Å². The predicted octanol–water partition coefficient (Wildman–Crippen LogP) is 1.54. The molecular formula is C7H10O. The molecule has 0 saturated heterocycles. The van der Waals surface area contributed by atoms with Crippen LogP contribution in [0.5, 0.6) is 0 Å². The lowest BCUT2D eigenvalue weighted by Gasteiger charge is -1.99. The van der Waals surface area contributed by atoms with Crippen molar-refractivity contribution in [2.75, 3.05) is 0 Å². The predicted molar refractivity (Wildman–Crippen MR) is 32.5 cm³/mol. The molecule has 1 rings (SSSR count). The lowest BCUT2D eigenvalue weighted by Crippen LogP contribution is -2.03. The zero-order valence-electron chi connectivity index (χ0n) is 5.05. The van der Waals surface area contributed by atoms with Crippen molar-refractivity contribution in [3.05, 3.63) is 12.2 Å². The zero-order valence-corrected chi connectivity index (χ0v) is 5.05. The Labute approximate surface area is 49.4 Å². The number of allylic oxidation sites excluding steroid dienone is 2. The van der Waals surface area contributed by atoms with E-state index in [4.69, 9.17) is 0 Å². The molecule has 0 aliphatic heterocycles. The highest BCUT2D eigenvalue weighted by Gasteiger charge is 2.15. The number of hydrogen-bond acceptors (Lipinski definition) is 1. The van der Waals surface area contributed by atoms with Crippen molar-refractivity contribution in [1.82, 2.24) is 0 Å². The minimum Gasteiger partial charge on any atom is -0.295 e. The van der Waals surface area contributed by atoms with Crippen molar-refractivity contribution in [3.63, 3.8) is 0 Å². The van der Waals surface area contributed by atoms with E-state index in [0.29, 0.717) is 11.7 Å². The first-order chi connectivity index (χ1) is 3.84. The van der Waals surface area contributed by atoms with Crippen molar-refractivity contribution in [2.45, 2.75) is 19.8 Å². The summed E-state index contributed by atoms with van der Waals surface area (Å²) in [5.41, 5.74) is 0. The van der Waals surface area contributed by atoms with E-state index in [9.17, 15) is 4.79 Å². The van der Waals surface area contributed by atoms with Crippen LogP contribution < -0.4 is 0 Å². The Balaban J connectivity index is 2.51. The average Bonchev–Trinajstić information content (AvgIpc) is 2.14. The molecular weight excluding hydrogens is 100 g/mol. The first kappa shape index (κ1) is 5.54. The van der Waals surface area contributed by atoms with E-state index in [1.807, 2.05) is 6.08 Å². The third kappa shape index (κ3) is 0.808. The summed E-state index contributed by atoms with van der Waals surface area (Å²) in [6.45, 7) is 2.05. The Morgan fingerprint density at radius 3 is 2.88 bits per heavy atom. The average molecular weight is 110 g/mol. The molecule has 0 aromatic rings. The molecule has 0 spiro atoms. The summed E-state index contributed by atoms with van der Waals surface area (Å²) in [5.74, 6) is 0.627. The van der Waals surface area contributed by atoms with E-state index in [-0.39, 0.29) is 0 Å². The van der Waals surface area contributed by atoms with E-state index >= 15 is 0 Å². The largest absolute Gasteiger partial charge is 0.295 e. The number of carbonyl (C=O) groups excluding carboxylic acids is 1. The molecule has 0 N–H and O–H groups in total. The molecule has 44 valence electrons. The molecule has 1 nitrogen and oxygen atoms in total. The smallest absolute Gasteiger partial charge is 0.158 e. The van der Waals surface area contributed by atoms with Gasteiger partial charge in [0.15, 0.2) is 5.78 Å². The number of rotatable bonds is 1. The molecule has 0 radical (unpaired) electrons. The van der Waals surface area contributed by atoms with Crippen LogP contribution in [0.15, 0.2) is 12.2 Å². The van der Waals surface area contributed by atoms with Gasteiger partial charge in [0, 0.05) is 5.92 Å². The third-order valence-electron chi connectivity index (χ3n) is 1.60. The van der Waals surface area contributed by atoms with Crippen molar-refractivity contribution >= 4 is 5.78 Å². The molecule has 0 fully saturated rings. The van der Waals surface area contributed by atoms with Gasteiger partial charge in [0.2, 0.25) is 0 Å². The summed E-state index contributed by atoms with van der Waals surface area (Å²) in [4.78, 5) is 10.7. The standard InChI is InChI=1S/C7H10O/c1-2-6-4-3-5-7(6)8/h3,5-6H,2,4H2,1H3/t6-/m0/s1. The van der Waals surface area contributed by atoms with Gasteiger partial charge in [-0.2, -0.15) is 0 Å². The highest BCUT2D eigenvalue weighted by Crippen LogP contribution is 2.16. The van der Waals surface area contributed by atoms with Crippen LogP contribution >= 0.6 is 0 Å². The first-order valence-corrected chi connectivity index (χ1v) is 3.05. The minimum atomic E-state index is 0.313. The molecule has 0 aromatic heterocycles. The van der Waals surface area contributed by atoms with Crippen LogP contribution in [-0.2, 0) is 4.79 Å². The molecule has 1 aliphatic carbocycles. The van der Waals surface area contributed by atoms with Gasteiger partial charge in [0.05, 0.1) is 0 Å². The van der Waals surface area contributed by atoms with Crippen molar-refractivity contribution in [3.8, 4) is 0 Å². The monoisotopic (exact) mass is 110 g/mol. The van der Waals surface area contributed by atoms with Crippen LogP contribution in [0.2, 0.25) is 0 Å². The maximum Gasteiger partial charge on any atom is 0.158 e. The Kier molecular flexibility index (Phi) is 1.47. The Hall–Kier alpha value is -0.590. The van der Waals surface area contributed by atoms with Gasteiger partial charge in [-0.25, -0.2) is 0 Å². The number of carbonyl (C=O) groups is 1. The maximum absolute atomic E-state index is 10.7. The summed E-state index contributed by atoms with van der Waals surface area (Å²) in [6, 6.07) is 0. The van der Waals surface area contributed by atoms with Crippen molar-refractivity contribution in [1.29, 1.82) is 0 Å². The SMILES string of the molecule is CC[C@H]1CC=CC1=O. The lowest BCUT2D eigenvalue weighted by molar-refractivity contribution is -0.117. The fourth-order valence-corrected chi connectivity index (χ4v) is 0.969. The fraction of sp³-hybridized carbons (Fsp3) is 0.571. The number of hydrogen-bond donors (Lipinski definition) is 0. The van der Waals surface area contributed by atoms with Crippen molar-refractivity contribution in [2.24, 2.45) is 5.92 Å². The van der Waals surface area contributed by atoms with E-state index in [1.54, 1.807) is 6.08 Å². The van der Waals surface area contributed by atoms with E-state index in [1.165, 1.54) is 0 Å². The molecule has 1 heteroatoms. The van der Waals surface area contributed by atoms with E-state index in [2.05, 4.69) is 6.92 Å². The molecule has 1 atom stereocenters. The van der Waals surface area contributed by atoms with Gasteiger partial charge in [-0.1, -0.05) is 13.0 Å². The quantitative estimate of drug-likeness (QED) is 0.500. The molecule has 8 heavy (non-hydrogen) atoms. The molecule has 0 aromatic carbocycles. The van der Waals surface area contributed by atoms with Crippen LogP contribution in [0.3, 0.4) is 0 Å². The van der Waals surface area contributed by atoms with Crippen LogP contribution in [0.25, 0.3) is 0 Å². The Morgan fingerprint density at radius 2 is 2.62 bits per heavy atom. The summed E-state index contributed by atoms with van der Waals surface area (Å²) in [6.07, 6.45) is 5.60. The van der Waals surface area contributed by atoms with Gasteiger partial charge in [0.1, 0.15) is 0 Å². The second-order valence-electron chi connectivity index (χ2n) is 2.15. The molecule has 1 aliphatic rings. The van der Waals surface area contributed by atoms with Crippen LogP contribution in [0.1, 0.15) is 19.8 Å². The van der Waals surface area contributed by atoms with E-state index < -0.39 is 0 Å². The van der Waals surface area contributed by atoms with Crippen LogP contribution in [-0.4, -0.2) is 5.78 Å². The van der Waals surface area contributed by atoms with Gasteiger partial charge in [-0.15, -0.1) is 0 Å². The third-order valence-corrected chi connectivity index (χ3v) is 1.60. The fourth-order valence-electron chi connectivity index (χ4n) is 0.969. The molecule has 0 saturated carbocycles. The highest BCUT2D eigenvalue weighted by molar-refractivity contribution is 5.93. The van der Waals surface area contributed by atoms with Gasteiger partial charge >= 0.3 is 0 Å². The first-order valence-electron chi connectivity index (χ1n) is 3.05. The normalized spacial score (nSPS) is 27.1. The maximum atomic E-state index is 10.7. The second-order valence-corrected chi connectivity index (χ2v) is 2.15. The molecule has 0 heterocycles. The summed E-state index contributed by atoms with van der Waals surface area (Å²) >= 11 is 0. The highest BCUT2D eigenvalue weighted by atomic mass is 16.1. The van der Waals surface area contributed by atoms with Crippen molar-refractivity contribution < 1.29 is 4.79 Å². The molecule has 0 bridgehead atoms. The topological polar surface area (TPSA) is 17.1 Å². The zero-order chi connectivity index (χ0) is 5.98. The second kappa shape index (κ2) is 2.12. The summed E-state index contributed by atoms with van der Waals surface area (Å²) in [7, 11) is 0. The van der Waals surface area contributed by atoms with Crippen LogP contribution in [0, 0.1) is 5.92 Å². The van der Waals surface area contributed by atoms with Gasteiger partial charge in [-0.3, -0.25) is 4.79 Å². The molecule has 0 amide bonds. The Bertz CT molecular complexity index is 124. The van der Waals surface area contributed by atoms with Gasteiger partial charge in [0.25, 0.3) is 0 Å². The summed E-state index contributed by atoms with van der Waals surface area (Å²) in [5, 5.41) is 0. The molecule has 0 unspecified atom stereocenters. The van der Waals surface area contributed by atoms with Gasteiger partial charge in [-0.05, 0) is 18.9 Å². The van der Waals surface area contributed by atoms with E-state index in [0.717, 1.165) is 12.8 Å². The number of ketones is 1. The summed E-state index contributed by atoms with van der Waals surface area (Å²) < 4.78 is 0. The Morgan fingerprint density at radius 1 is 1.88 bits per heavy atom. The minimum absolute atomic E-state index is 0.313.